The molecule has 6 heteroatoms. The molecule has 21 heavy (non-hydrogen) atoms. The molecular formula is C15H20N2O3S. The number of likely N-dealkylation sites (tertiary alicyclic amines) is 1. The van der Waals surface area contributed by atoms with E-state index in [4.69, 9.17) is 4.42 Å². The molecule has 0 radical (unpaired) electrons. The lowest BCUT2D eigenvalue weighted by atomic mass is 9.97. The van der Waals surface area contributed by atoms with Gasteiger partial charge in [0.1, 0.15) is 15.4 Å². The van der Waals surface area contributed by atoms with E-state index >= 15 is 0 Å². The third-order valence-corrected chi connectivity index (χ3v) is 4.95. The maximum absolute atomic E-state index is 11.2. The highest BCUT2D eigenvalue weighted by Gasteiger charge is 2.24. The molecule has 1 saturated heterocycles. The van der Waals surface area contributed by atoms with Crippen LogP contribution in [0.25, 0.3) is 11.1 Å². The summed E-state index contributed by atoms with van der Waals surface area (Å²) in [6, 6.07) is 7.81. The topological polar surface area (TPSA) is 63.4 Å². The Balaban J connectivity index is 1.60. The second kappa shape index (κ2) is 5.77. The SMILES string of the molecule is CS(=O)(=O)CCN1CCC(c2nc3ccccc3o2)CC1. The average Bonchev–Trinajstić information content (AvgIpc) is 2.89. The Kier molecular flexibility index (Phi) is 3.99. The summed E-state index contributed by atoms with van der Waals surface area (Å²) >= 11 is 0. The van der Waals surface area contributed by atoms with Crippen LogP contribution in [-0.2, 0) is 9.84 Å². The minimum absolute atomic E-state index is 0.237. The van der Waals surface area contributed by atoms with Crippen molar-refractivity contribution in [1.29, 1.82) is 0 Å². The standard InChI is InChI=1S/C15H20N2O3S/c1-21(18,19)11-10-17-8-6-12(7-9-17)15-16-13-4-2-3-5-14(13)20-15/h2-5,12H,6-11H2,1H3. The number of aromatic nitrogens is 1. The zero-order chi connectivity index (χ0) is 14.9. The highest BCUT2D eigenvalue weighted by molar-refractivity contribution is 7.90. The van der Waals surface area contributed by atoms with Crippen molar-refractivity contribution >= 4 is 20.9 Å². The number of fused-ring (bicyclic) bond motifs is 1. The van der Waals surface area contributed by atoms with Crippen molar-refractivity contribution in [3.8, 4) is 0 Å². The molecule has 3 rings (SSSR count). The molecule has 0 aliphatic carbocycles. The molecule has 1 fully saturated rings. The largest absolute Gasteiger partial charge is 0.440 e. The fourth-order valence-electron chi connectivity index (χ4n) is 2.76. The second-order valence-electron chi connectivity index (χ2n) is 5.77. The predicted octanol–water partition coefficient (Wildman–Crippen LogP) is 2.05. The number of piperidine rings is 1. The predicted molar refractivity (Wildman–Crippen MR) is 82.1 cm³/mol. The Morgan fingerprint density at radius 3 is 2.67 bits per heavy atom. The van der Waals surface area contributed by atoms with Crippen LogP contribution >= 0.6 is 0 Å². The molecule has 114 valence electrons. The number of rotatable bonds is 4. The van der Waals surface area contributed by atoms with Gasteiger partial charge in [0, 0.05) is 18.7 Å². The number of nitrogens with zero attached hydrogens (tertiary/aromatic N) is 2. The van der Waals surface area contributed by atoms with E-state index < -0.39 is 9.84 Å². The lowest BCUT2D eigenvalue weighted by molar-refractivity contribution is 0.211. The molecule has 0 atom stereocenters. The van der Waals surface area contributed by atoms with E-state index in [1.165, 1.54) is 6.26 Å². The first-order valence-electron chi connectivity index (χ1n) is 7.27. The van der Waals surface area contributed by atoms with E-state index in [1.807, 2.05) is 24.3 Å². The van der Waals surface area contributed by atoms with Gasteiger partial charge in [0.05, 0.1) is 5.75 Å². The summed E-state index contributed by atoms with van der Waals surface area (Å²) in [6.45, 7) is 2.43. The van der Waals surface area contributed by atoms with Crippen LogP contribution in [-0.4, -0.2) is 49.9 Å². The molecule has 1 aliphatic rings. The lowest BCUT2D eigenvalue weighted by Crippen LogP contribution is -2.36. The molecule has 5 nitrogen and oxygen atoms in total. The maximum Gasteiger partial charge on any atom is 0.198 e. The van der Waals surface area contributed by atoms with Gasteiger partial charge in [-0.2, -0.15) is 0 Å². The Morgan fingerprint density at radius 1 is 1.29 bits per heavy atom. The summed E-state index contributed by atoms with van der Waals surface area (Å²) in [6.07, 6.45) is 3.23. The Labute approximate surface area is 124 Å². The third-order valence-electron chi connectivity index (χ3n) is 4.03. The van der Waals surface area contributed by atoms with Gasteiger partial charge in [-0.05, 0) is 38.1 Å². The smallest absolute Gasteiger partial charge is 0.198 e. The Hall–Kier alpha value is -1.40. The lowest BCUT2D eigenvalue weighted by Gasteiger charge is -2.30. The zero-order valence-corrected chi connectivity index (χ0v) is 13.0. The van der Waals surface area contributed by atoms with Crippen LogP contribution in [0.3, 0.4) is 0 Å². The molecule has 0 unspecified atom stereocenters. The van der Waals surface area contributed by atoms with Gasteiger partial charge in [0.15, 0.2) is 11.5 Å². The number of hydrogen-bond acceptors (Lipinski definition) is 5. The summed E-state index contributed by atoms with van der Waals surface area (Å²) in [5.74, 6) is 1.39. The van der Waals surface area contributed by atoms with Gasteiger partial charge in [0.2, 0.25) is 0 Å². The second-order valence-corrected chi connectivity index (χ2v) is 8.03. The average molecular weight is 308 g/mol. The first-order chi connectivity index (χ1) is 10.0. The third kappa shape index (κ3) is 3.63. The van der Waals surface area contributed by atoms with Crippen molar-refractivity contribution in [3.63, 3.8) is 0 Å². The van der Waals surface area contributed by atoms with Gasteiger partial charge in [0.25, 0.3) is 0 Å². The normalized spacial score (nSPS) is 18.3. The molecule has 0 spiro atoms. The summed E-state index contributed by atoms with van der Waals surface area (Å²) in [4.78, 5) is 6.77. The van der Waals surface area contributed by atoms with Gasteiger partial charge >= 0.3 is 0 Å². The highest BCUT2D eigenvalue weighted by Crippen LogP contribution is 2.29. The fourth-order valence-corrected chi connectivity index (χ4v) is 3.35. The molecule has 2 aromatic rings. The van der Waals surface area contributed by atoms with Crippen molar-refractivity contribution in [1.82, 2.24) is 9.88 Å². The van der Waals surface area contributed by atoms with E-state index in [0.717, 1.165) is 42.9 Å². The molecule has 2 heterocycles. The number of oxazole rings is 1. The molecular weight excluding hydrogens is 288 g/mol. The molecule has 1 aromatic heterocycles. The van der Waals surface area contributed by atoms with Gasteiger partial charge in [-0.15, -0.1) is 0 Å². The fraction of sp³-hybridized carbons (Fsp3) is 0.533. The summed E-state index contributed by atoms with van der Waals surface area (Å²) in [5, 5.41) is 0. The van der Waals surface area contributed by atoms with E-state index in [0.29, 0.717) is 12.5 Å². The zero-order valence-electron chi connectivity index (χ0n) is 12.2. The molecule has 1 aromatic carbocycles. The van der Waals surface area contributed by atoms with Crippen molar-refractivity contribution in [2.24, 2.45) is 0 Å². The monoisotopic (exact) mass is 308 g/mol. The van der Waals surface area contributed by atoms with Crippen molar-refractivity contribution in [3.05, 3.63) is 30.2 Å². The Morgan fingerprint density at radius 2 is 2.00 bits per heavy atom. The van der Waals surface area contributed by atoms with Crippen LogP contribution in [0.15, 0.2) is 28.7 Å². The molecule has 1 aliphatic heterocycles. The quantitative estimate of drug-likeness (QED) is 0.865. The summed E-state index contributed by atoms with van der Waals surface area (Å²) < 4.78 is 28.2. The van der Waals surface area contributed by atoms with Gasteiger partial charge in [-0.1, -0.05) is 12.1 Å². The van der Waals surface area contributed by atoms with Crippen LogP contribution in [0, 0.1) is 0 Å². The number of sulfone groups is 1. The molecule has 0 bridgehead atoms. The van der Waals surface area contributed by atoms with E-state index in [-0.39, 0.29) is 5.75 Å². The molecule has 0 saturated carbocycles. The minimum atomic E-state index is -2.88. The van der Waals surface area contributed by atoms with Gasteiger partial charge in [-0.3, -0.25) is 0 Å². The van der Waals surface area contributed by atoms with Crippen LogP contribution in [0.1, 0.15) is 24.7 Å². The van der Waals surface area contributed by atoms with E-state index in [2.05, 4.69) is 9.88 Å². The first kappa shape index (κ1) is 14.5. The van der Waals surface area contributed by atoms with E-state index in [9.17, 15) is 8.42 Å². The van der Waals surface area contributed by atoms with Crippen molar-refractivity contribution in [2.45, 2.75) is 18.8 Å². The minimum Gasteiger partial charge on any atom is -0.440 e. The van der Waals surface area contributed by atoms with Crippen LogP contribution in [0.2, 0.25) is 0 Å². The molecule has 0 amide bonds. The van der Waals surface area contributed by atoms with Crippen LogP contribution in [0.4, 0.5) is 0 Å². The highest BCUT2D eigenvalue weighted by atomic mass is 32.2. The first-order valence-corrected chi connectivity index (χ1v) is 9.33. The maximum atomic E-state index is 11.2. The van der Waals surface area contributed by atoms with E-state index in [1.54, 1.807) is 0 Å². The number of para-hydroxylation sites is 2. The van der Waals surface area contributed by atoms with Crippen LogP contribution < -0.4 is 0 Å². The van der Waals surface area contributed by atoms with Crippen molar-refractivity contribution in [2.75, 3.05) is 31.6 Å². The van der Waals surface area contributed by atoms with Gasteiger partial charge < -0.3 is 9.32 Å². The summed E-state index contributed by atoms with van der Waals surface area (Å²) in [5.41, 5.74) is 1.75. The number of benzene rings is 1. The van der Waals surface area contributed by atoms with Crippen LogP contribution in [0.5, 0.6) is 0 Å². The molecule has 0 N–H and O–H groups in total. The number of hydrogen-bond donors (Lipinski definition) is 0. The van der Waals surface area contributed by atoms with Gasteiger partial charge in [-0.25, -0.2) is 13.4 Å². The van der Waals surface area contributed by atoms with Crippen molar-refractivity contribution < 1.29 is 12.8 Å². The Bertz CT molecular complexity index is 682. The summed E-state index contributed by atoms with van der Waals surface area (Å²) in [7, 11) is -2.88.